The van der Waals surface area contributed by atoms with Crippen LogP contribution in [0.15, 0.2) is 35.1 Å². The summed E-state index contributed by atoms with van der Waals surface area (Å²) in [6.07, 6.45) is 6.67. The molecule has 2 aromatic rings. The summed E-state index contributed by atoms with van der Waals surface area (Å²) >= 11 is 0. The van der Waals surface area contributed by atoms with E-state index in [0.29, 0.717) is 17.2 Å². The Balaban J connectivity index is 1.40. The predicted molar refractivity (Wildman–Crippen MR) is 135 cm³/mol. The number of fused-ring (bicyclic) bond motifs is 1. The Hall–Kier alpha value is -3.38. The van der Waals surface area contributed by atoms with Crippen molar-refractivity contribution in [3.8, 4) is 6.07 Å². The maximum atomic E-state index is 15.2. The zero-order valence-electron chi connectivity index (χ0n) is 20.8. The van der Waals surface area contributed by atoms with Crippen molar-refractivity contribution in [3.63, 3.8) is 0 Å². The van der Waals surface area contributed by atoms with Crippen LogP contribution in [0.3, 0.4) is 0 Å². The van der Waals surface area contributed by atoms with Crippen LogP contribution in [-0.4, -0.2) is 79.2 Å². The lowest BCUT2D eigenvalue weighted by molar-refractivity contribution is 0.312. The van der Waals surface area contributed by atoms with E-state index in [1.165, 1.54) is 17.3 Å². The average molecular weight is 477 g/mol. The SMILES string of the molecule is CCC1=CN=c2[nH]ccc2=C(N2CCC(N(C)c3nc(N4CCN(C)CC4)c(C#N)cc3F)C2)C1. The van der Waals surface area contributed by atoms with Gasteiger partial charge in [0.25, 0.3) is 0 Å². The first kappa shape index (κ1) is 23.4. The standard InChI is InChI=1S/C26H33FN8/c1-4-18-13-23(21-5-7-29-24(21)30-16-18)35-8-6-20(17-35)33(3)26-22(27)14-19(15-28)25(31-26)34-11-9-32(2)10-12-34/h5,7,14,16,20H,4,6,8-13,17H2,1-3H3,(H,29,30). The minimum absolute atomic E-state index is 0.120. The molecule has 1 unspecified atom stereocenters. The van der Waals surface area contributed by atoms with E-state index in [-0.39, 0.29) is 6.04 Å². The van der Waals surface area contributed by atoms with Crippen LogP contribution in [-0.2, 0) is 0 Å². The third kappa shape index (κ3) is 4.50. The summed E-state index contributed by atoms with van der Waals surface area (Å²) in [6, 6.07) is 5.72. The molecule has 5 rings (SSSR count). The zero-order chi connectivity index (χ0) is 24.5. The molecule has 1 atom stereocenters. The topological polar surface area (TPSA) is 77.8 Å². The highest BCUT2D eigenvalue weighted by molar-refractivity contribution is 5.60. The number of hydrogen-bond acceptors (Lipinski definition) is 7. The van der Waals surface area contributed by atoms with Crippen molar-refractivity contribution >= 4 is 17.3 Å². The largest absolute Gasteiger partial charge is 0.372 e. The first-order chi connectivity index (χ1) is 17.0. The normalized spacial score (nSPS) is 20.7. The van der Waals surface area contributed by atoms with Gasteiger partial charge in [-0.15, -0.1) is 0 Å². The third-order valence-corrected chi connectivity index (χ3v) is 7.55. The van der Waals surface area contributed by atoms with Crippen LogP contribution in [0.1, 0.15) is 31.7 Å². The molecular weight excluding hydrogens is 443 g/mol. The minimum Gasteiger partial charge on any atom is -0.372 e. The first-order valence-corrected chi connectivity index (χ1v) is 12.4. The Morgan fingerprint density at radius 2 is 2.03 bits per heavy atom. The smallest absolute Gasteiger partial charge is 0.167 e. The van der Waals surface area contributed by atoms with E-state index in [1.54, 1.807) is 0 Å². The number of likely N-dealkylation sites (N-methyl/N-ethyl adjacent to an activating group) is 2. The third-order valence-electron chi connectivity index (χ3n) is 7.55. The van der Waals surface area contributed by atoms with E-state index < -0.39 is 5.82 Å². The van der Waals surface area contributed by atoms with Gasteiger partial charge in [0.2, 0.25) is 0 Å². The second-order valence-electron chi connectivity index (χ2n) is 9.70. The fourth-order valence-corrected chi connectivity index (χ4v) is 5.25. The van der Waals surface area contributed by atoms with Crippen molar-refractivity contribution in [1.29, 1.82) is 5.26 Å². The van der Waals surface area contributed by atoms with Crippen LogP contribution in [0.5, 0.6) is 0 Å². The van der Waals surface area contributed by atoms with Gasteiger partial charge in [0.15, 0.2) is 11.6 Å². The van der Waals surface area contributed by atoms with Gasteiger partial charge in [-0.05, 0) is 37.6 Å². The van der Waals surface area contributed by atoms with Gasteiger partial charge in [-0.25, -0.2) is 14.4 Å². The lowest BCUT2D eigenvalue weighted by Gasteiger charge is -2.34. The highest BCUT2D eigenvalue weighted by Crippen LogP contribution is 2.30. The van der Waals surface area contributed by atoms with E-state index in [0.717, 1.165) is 69.2 Å². The summed E-state index contributed by atoms with van der Waals surface area (Å²) in [5.41, 5.74) is 3.78. The second-order valence-corrected chi connectivity index (χ2v) is 9.70. The molecule has 1 N–H and O–H groups in total. The van der Waals surface area contributed by atoms with E-state index in [2.05, 4.69) is 50.8 Å². The zero-order valence-corrected chi connectivity index (χ0v) is 20.8. The number of anilines is 2. The van der Waals surface area contributed by atoms with Crippen LogP contribution in [0.2, 0.25) is 0 Å². The van der Waals surface area contributed by atoms with E-state index in [4.69, 9.17) is 4.98 Å². The molecule has 5 heterocycles. The number of likely N-dealkylation sites (tertiary alicyclic amines) is 1. The molecule has 0 radical (unpaired) electrons. The molecule has 9 heteroatoms. The lowest BCUT2D eigenvalue weighted by atomic mass is 10.1. The van der Waals surface area contributed by atoms with Crippen molar-refractivity contribution in [2.75, 3.05) is 63.2 Å². The summed E-state index contributed by atoms with van der Waals surface area (Å²) in [5.74, 6) is 0.473. The molecule has 184 valence electrons. The van der Waals surface area contributed by atoms with Gasteiger partial charge in [-0.2, -0.15) is 5.26 Å². The van der Waals surface area contributed by atoms with Crippen LogP contribution >= 0.6 is 0 Å². The summed E-state index contributed by atoms with van der Waals surface area (Å²) in [5, 5.41) is 10.8. The molecule has 8 nitrogen and oxygen atoms in total. The Morgan fingerprint density at radius 1 is 1.23 bits per heavy atom. The first-order valence-electron chi connectivity index (χ1n) is 12.4. The van der Waals surface area contributed by atoms with Gasteiger partial charge in [0.1, 0.15) is 17.4 Å². The van der Waals surface area contributed by atoms with E-state index in [9.17, 15) is 5.26 Å². The molecule has 0 aliphatic carbocycles. The van der Waals surface area contributed by atoms with Crippen LogP contribution in [0.25, 0.3) is 5.70 Å². The molecule has 2 fully saturated rings. The van der Waals surface area contributed by atoms with Gasteiger partial charge in [-0.3, -0.25) is 0 Å². The molecule has 3 aliphatic rings. The van der Waals surface area contributed by atoms with Gasteiger partial charge in [-0.1, -0.05) is 6.92 Å². The molecule has 2 saturated heterocycles. The Bertz CT molecular complexity index is 1280. The second kappa shape index (κ2) is 9.70. The fraction of sp³-hybridized carbons (Fsp3) is 0.500. The fourth-order valence-electron chi connectivity index (χ4n) is 5.25. The quantitative estimate of drug-likeness (QED) is 0.709. The van der Waals surface area contributed by atoms with Gasteiger partial charge >= 0.3 is 0 Å². The van der Waals surface area contributed by atoms with Crippen LogP contribution < -0.4 is 20.5 Å². The number of rotatable bonds is 5. The Morgan fingerprint density at radius 3 is 2.77 bits per heavy atom. The Kier molecular flexibility index (Phi) is 6.48. The number of nitrogens with zero attached hydrogens (tertiary/aromatic N) is 7. The Labute approximate surface area is 205 Å². The molecule has 0 saturated carbocycles. The number of nitriles is 1. The van der Waals surface area contributed by atoms with Crippen molar-refractivity contribution in [2.45, 2.75) is 32.2 Å². The summed E-state index contributed by atoms with van der Waals surface area (Å²) in [4.78, 5) is 21.4. The number of halogens is 1. The van der Waals surface area contributed by atoms with E-state index >= 15 is 4.39 Å². The highest BCUT2D eigenvalue weighted by atomic mass is 19.1. The van der Waals surface area contributed by atoms with Gasteiger partial charge in [0, 0.05) is 82.1 Å². The van der Waals surface area contributed by atoms with Crippen molar-refractivity contribution < 1.29 is 4.39 Å². The van der Waals surface area contributed by atoms with Gasteiger partial charge < -0.3 is 24.6 Å². The van der Waals surface area contributed by atoms with Crippen molar-refractivity contribution in [2.24, 2.45) is 4.99 Å². The highest BCUT2D eigenvalue weighted by Gasteiger charge is 2.31. The molecule has 0 aromatic carbocycles. The van der Waals surface area contributed by atoms with Crippen molar-refractivity contribution in [1.82, 2.24) is 19.8 Å². The molecule has 0 bridgehead atoms. The number of aromatic amines is 1. The number of nitrogens with one attached hydrogen (secondary N) is 1. The van der Waals surface area contributed by atoms with Crippen LogP contribution in [0, 0.1) is 17.1 Å². The molecule has 0 spiro atoms. The lowest BCUT2D eigenvalue weighted by Crippen LogP contribution is -2.45. The molecule has 2 aromatic heterocycles. The molecule has 3 aliphatic heterocycles. The number of piperazine rings is 1. The number of hydrogen-bond donors (Lipinski definition) is 1. The number of H-pyrrole nitrogens is 1. The minimum atomic E-state index is -0.439. The maximum absolute atomic E-state index is 15.2. The van der Waals surface area contributed by atoms with Gasteiger partial charge in [0.05, 0.1) is 5.56 Å². The van der Waals surface area contributed by atoms with Crippen LogP contribution in [0.4, 0.5) is 16.0 Å². The average Bonchev–Trinajstić information content (AvgIpc) is 3.51. The number of aromatic nitrogens is 2. The molecule has 35 heavy (non-hydrogen) atoms. The van der Waals surface area contributed by atoms with E-state index in [1.807, 2.05) is 24.3 Å². The summed E-state index contributed by atoms with van der Waals surface area (Å²) < 4.78 is 15.2. The molecular formula is C26H33FN8. The number of pyridine rings is 1. The predicted octanol–water partition coefficient (Wildman–Crippen LogP) is 1.81. The summed E-state index contributed by atoms with van der Waals surface area (Å²) in [7, 11) is 4.01. The molecule has 0 amide bonds. The monoisotopic (exact) mass is 476 g/mol. The van der Waals surface area contributed by atoms with Crippen molar-refractivity contribution in [3.05, 3.63) is 52.2 Å². The summed E-state index contributed by atoms with van der Waals surface area (Å²) in [6.45, 7) is 7.20. The maximum Gasteiger partial charge on any atom is 0.167 e.